The molecule has 6 nitrogen and oxygen atoms in total. The first kappa shape index (κ1) is 29.1. The zero-order chi connectivity index (χ0) is 28.7. The van der Waals surface area contributed by atoms with Gasteiger partial charge in [-0.2, -0.15) is 0 Å². The largest absolute Gasteiger partial charge is 0.458 e. The second-order valence-electron chi connectivity index (χ2n) is 12.1. The number of carbonyl (C=O) groups is 2. The maximum Gasteiger partial charge on any atom is 0.303 e. The molecular weight excluding hydrogens is 528 g/mol. The van der Waals surface area contributed by atoms with E-state index in [9.17, 15) is 9.59 Å². The van der Waals surface area contributed by atoms with Crippen LogP contribution in [0.15, 0.2) is 42.5 Å². The highest BCUT2D eigenvalue weighted by Gasteiger charge is 2.58. The van der Waals surface area contributed by atoms with Crippen molar-refractivity contribution in [2.24, 2.45) is 11.3 Å². The van der Waals surface area contributed by atoms with Gasteiger partial charge in [0.2, 0.25) is 5.79 Å². The summed E-state index contributed by atoms with van der Waals surface area (Å²) in [6.45, 7) is 6.62. The Balaban J connectivity index is 1.45. The van der Waals surface area contributed by atoms with E-state index in [-0.39, 0.29) is 12.0 Å². The molecule has 2 aromatic rings. The minimum Gasteiger partial charge on any atom is -0.458 e. The van der Waals surface area contributed by atoms with Gasteiger partial charge in [-0.05, 0) is 85.1 Å². The van der Waals surface area contributed by atoms with Crippen molar-refractivity contribution in [1.82, 2.24) is 0 Å². The van der Waals surface area contributed by atoms with Crippen molar-refractivity contribution in [3.8, 4) is 0 Å². The topological polar surface area (TPSA) is 71.1 Å². The van der Waals surface area contributed by atoms with E-state index in [2.05, 4.69) is 24.3 Å². The standard InChI is InChI=1S/C33H41ClO6/c1-6-29-20(2)30(38-21(3)35)31(39-22(4)36)33(37-5,40-29)27-11-12-28(34)26(18-27)17-23-7-9-24(10-8-23)25-13-14-32(19-25)15-16-32/h7-12,18,20,25,29-31H,6,13-17,19H2,1-5H3/t20-,25?,29-,30+,31-,33?/m1/s1. The Morgan fingerprint density at radius 3 is 2.30 bits per heavy atom. The molecule has 3 fully saturated rings. The number of carbonyl (C=O) groups excluding carboxylic acids is 2. The molecule has 2 unspecified atom stereocenters. The van der Waals surface area contributed by atoms with Crippen molar-refractivity contribution in [1.29, 1.82) is 0 Å². The van der Waals surface area contributed by atoms with Crippen LogP contribution in [0.4, 0.5) is 0 Å². The average molecular weight is 569 g/mol. The Hall–Kier alpha value is -2.41. The molecule has 0 amide bonds. The number of benzene rings is 2. The lowest BCUT2D eigenvalue weighted by Gasteiger charge is -2.50. The fourth-order valence-corrected chi connectivity index (χ4v) is 7.12. The monoisotopic (exact) mass is 568 g/mol. The van der Waals surface area contributed by atoms with E-state index in [0.717, 1.165) is 11.1 Å². The van der Waals surface area contributed by atoms with E-state index in [1.54, 1.807) is 0 Å². The minimum atomic E-state index is -1.48. The molecule has 1 aliphatic heterocycles. The second-order valence-corrected chi connectivity index (χ2v) is 12.5. The Labute approximate surface area is 242 Å². The summed E-state index contributed by atoms with van der Waals surface area (Å²) in [7, 11) is 1.52. The molecule has 40 heavy (non-hydrogen) atoms. The Kier molecular flexibility index (Phi) is 8.34. The fourth-order valence-electron chi connectivity index (χ4n) is 6.93. The van der Waals surface area contributed by atoms with Gasteiger partial charge in [-0.1, -0.05) is 55.8 Å². The van der Waals surface area contributed by atoms with Crippen LogP contribution in [0.3, 0.4) is 0 Å². The molecule has 6 atom stereocenters. The molecule has 0 N–H and O–H groups in total. The molecule has 2 aromatic carbocycles. The van der Waals surface area contributed by atoms with Gasteiger partial charge < -0.3 is 18.9 Å². The van der Waals surface area contributed by atoms with E-state index in [0.29, 0.717) is 34.8 Å². The number of hydrogen-bond donors (Lipinski definition) is 0. The molecule has 216 valence electrons. The molecule has 0 aromatic heterocycles. The van der Waals surface area contributed by atoms with Gasteiger partial charge in [0.25, 0.3) is 0 Å². The van der Waals surface area contributed by atoms with Crippen molar-refractivity contribution < 1.29 is 28.5 Å². The van der Waals surface area contributed by atoms with Crippen LogP contribution in [-0.2, 0) is 40.7 Å². The van der Waals surface area contributed by atoms with Crippen LogP contribution < -0.4 is 0 Å². The minimum absolute atomic E-state index is 0.221. The first-order chi connectivity index (χ1) is 19.1. The zero-order valence-corrected chi connectivity index (χ0v) is 25.0. The highest BCUT2D eigenvalue weighted by molar-refractivity contribution is 6.31. The lowest BCUT2D eigenvalue weighted by Crippen LogP contribution is -2.62. The Morgan fingerprint density at radius 1 is 1.02 bits per heavy atom. The van der Waals surface area contributed by atoms with Crippen LogP contribution in [-0.4, -0.2) is 37.4 Å². The van der Waals surface area contributed by atoms with Gasteiger partial charge in [0.15, 0.2) is 6.10 Å². The molecule has 7 heteroatoms. The normalized spacial score (nSPS) is 30.7. The smallest absolute Gasteiger partial charge is 0.303 e. The van der Waals surface area contributed by atoms with Gasteiger partial charge in [0, 0.05) is 37.5 Å². The van der Waals surface area contributed by atoms with Crippen molar-refractivity contribution in [3.63, 3.8) is 0 Å². The summed E-state index contributed by atoms with van der Waals surface area (Å²) >= 11 is 6.71. The number of ether oxygens (including phenoxy) is 4. The molecule has 1 heterocycles. The van der Waals surface area contributed by atoms with Crippen molar-refractivity contribution in [2.75, 3.05) is 7.11 Å². The summed E-state index contributed by atoms with van der Waals surface area (Å²) < 4.78 is 24.2. The SMILES string of the molecule is CC[C@H]1OC(OC)(c2ccc(Cl)c(Cc3ccc(C4CCC5(CC5)C4)cc3)c2)[C@H](OC(C)=O)[C@@H](OC(C)=O)[C@@H]1C. The number of esters is 2. The van der Waals surface area contributed by atoms with Crippen LogP contribution in [0.5, 0.6) is 0 Å². The summed E-state index contributed by atoms with van der Waals surface area (Å²) in [6.07, 6.45) is 6.02. The molecule has 1 saturated heterocycles. The van der Waals surface area contributed by atoms with Crippen LogP contribution in [0.25, 0.3) is 0 Å². The molecule has 2 aliphatic carbocycles. The first-order valence-corrected chi connectivity index (χ1v) is 14.9. The summed E-state index contributed by atoms with van der Waals surface area (Å²) in [6, 6.07) is 14.6. The van der Waals surface area contributed by atoms with Crippen LogP contribution in [0, 0.1) is 11.3 Å². The van der Waals surface area contributed by atoms with Crippen LogP contribution >= 0.6 is 11.6 Å². The maximum atomic E-state index is 12.3. The van der Waals surface area contributed by atoms with Crippen LogP contribution in [0.1, 0.15) is 94.4 Å². The summed E-state index contributed by atoms with van der Waals surface area (Å²) in [5.41, 5.74) is 4.81. The highest BCUT2D eigenvalue weighted by atomic mass is 35.5. The number of methoxy groups -OCH3 is 1. The third kappa shape index (κ3) is 5.68. The van der Waals surface area contributed by atoms with E-state index in [1.807, 2.05) is 32.0 Å². The molecular formula is C33H41ClO6. The van der Waals surface area contributed by atoms with Gasteiger partial charge in [0.1, 0.15) is 6.10 Å². The third-order valence-corrected chi connectivity index (χ3v) is 9.73. The van der Waals surface area contributed by atoms with Gasteiger partial charge >= 0.3 is 11.9 Å². The lowest BCUT2D eigenvalue weighted by molar-refractivity contribution is -0.356. The first-order valence-electron chi connectivity index (χ1n) is 14.5. The number of halogens is 1. The third-order valence-electron chi connectivity index (χ3n) is 9.36. The van der Waals surface area contributed by atoms with Gasteiger partial charge in [-0.3, -0.25) is 9.59 Å². The number of hydrogen-bond acceptors (Lipinski definition) is 6. The van der Waals surface area contributed by atoms with E-state index >= 15 is 0 Å². The molecule has 3 aliphatic rings. The Morgan fingerprint density at radius 2 is 1.73 bits per heavy atom. The summed E-state index contributed by atoms with van der Waals surface area (Å²) in [4.78, 5) is 24.4. The maximum absolute atomic E-state index is 12.3. The zero-order valence-electron chi connectivity index (χ0n) is 24.2. The molecule has 5 rings (SSSR count). The Bertz CT molecular complexity index is 1240. The van der Waals surface area contributed by atoms with Gasteiger partial charge in [-0.15, -0.1) is 0 Å². The average Bonchev–Trinajstić information content (AvgIpc) is 3.56. The predicted molar refractivity (Wildman–Crippen MR) is 153 cm³/mol. The molecule has 0 bridgehead atoms. The molecule has 1 spiro atoms. The number of rotatable bonds is 8. The predicted octanol–water partition coefficient (Wildman–Crippen LogP) is 7.09. The van der Waals surface area contributed by atoms with Crippen LogP contribution in [0.2, 0.25) is 5.02 Å². The summed E-state index contributed by atoms with van der Waals surface area (Å²) in [5.74, 6) is -2.00. The van der Waals surface area contributed by atoms with E-state index in [4.69, 9.17) is 30.5 Å². The lowest BCUT2D eigenvalue weighted by atomic mass is 9.81. The fraction of sp³-hybridized carbons (Fsp3) is 0.576. The van der Waals surface area contributed by atoms with Crippen molar-refractivity contribution >= 4 is 23.5 Å². The van der Waals surface area contributed by atoms with Crippen molar-refractivity contribution in [3.05, 3.63) is 69.7 Å². The van der Waals surface area contributed by atoms with Crippen molar-refractivity contribution in [2.45, 2.75) is 103 Å². The molecule has 0 radical (unpaired) electrons. The quantitative estimate of drug-likeness (QED) is 0.317. The van der Waals surface area contributed by atoms with E-state index < -0.39 is 29.9 Å². The highest BCUT2D eigenvalue weighted by Crippen LogP contribution is 2.61. The van der Waals surface area contributed by atoms with Gasteiger partial charge in [-0.25, -0.2) is 0 Å². The second kappa shape index (κ2) is 11.5. The van der Waals surface area contributed by atoms with Gasteiger partial charge in [0.05, 0.1) is 6.10 Å². The molecule has 2 saturated carbocycles. The summed E-state index contributed by atoms with van der Waals surface area (Å²) in [5, 5.41) is 0.627. The van der Waals surface area contributed by atoms with E-state index in [1.165, 1.54) is 58.6 Å².